The highest BCUT2D eigenvalue weighted by atomic mass is 32.1. The Balaban J connectivity index is 1.77. The molecule has 4 rings (SSSR count). The molecule has 162 valence electrons. The highest BCUT2D eigenvalue weighted by Gasteiger charge is 2.33. The fraction of sp³-hybridized carbons (Fsp3) is 0.474. The number of halogens is 4. The number of nitrogens with zero attached hydrogens (tertiary/aromatic N) is 3. The summed E-state index contributed by atoms with van der Waals surface area (Å²) >= 11 is 1.14. The minimum Gasteiger partial charge on any atom is -0.378 e. The largest absolute Gasteiger partial charge is 0.393 e. The van der Waals surface area contributed by atoms with Crippen molar-refractivity contribution in [3.05, 3.63) is 29.7 Å². The number of rotatable bonds is 5. The van der Waals surface area contributed by atoms with Crippen LogP contribution in [0.15, 0.2) is 22.7 Å². The lowest BCUT2D eigenvalue weighted by molar-refractivity contribution is -0.126. The summed E-state index contributed by atoms with van der Waals surface area (Å²) in [6, 6.07) is 4.65. The molecule has 0 bridgehead atoms. The number of hydrogen-bond donors (Lipinski definition) is 2. The molecule has 2 aromatic heterocycles. The summed E-state index contributed by atoms with van der Waals surface area (Å²) in [6.45, 7) is 1.05. The Morgan fingerprint density at radius 2 is 2.17 bits per heavy atom. The third kappa shape index (κ3) is 4.28. The molecule has 1 aliphatic heterocycles. The van der Waals surface area contributed by atoms with Gasteiger partial charge in [-0.3, -0.25) is 0 Å². The van der Waals surface area contributed by atoms with Crippen LogP contribution in [-0.2, 0) is 13.0 Å². The molecule has 2 atom stereocenters. The average molecular weight is 443 g/mol. The number of benzene rings is 1. The number of aromatic nitrogens is 2. The van der Waals surface area contributed by atoms with Gasteiger partial charge in [0.2, 0.25) is 11.7 Å². The first kappa shape index (κ1) is 21.0. The molecule has 1 aliphatic rings. The molecule has 1 aromatic carbocycles. The molecule has 0 saturated carbocycles. The van der Waals surface area contributed by atoms with Gasteiger partial charge in [-0.05, 0) is 30.5 Å². The van der Waals surface area contributed by atoms with Gasteiger partial charge in [0, 0.05) is 13.1 Å². The van der Waals surface area contributed by atoms with E-state index in [0.29, 0.717) is 28.7 Å². The SMILES string of the molecule is CN1CC[C@@H](Nc2cccc3c(CC(F)(F)F)c(-c4noc(CN)n4)sc23)[C@@H](F)C1. The zero-order valence-corrected chi connectivity index (χ0v) is 17.0. The summed E-state index contributed by atoms with van der Waals surface area (Å²) in [5.74, 6) is 0.217. The molecular formula is C19H21F4N5OS. The Morgan fingerprint density at radius 1 is 1.37 bits per heavy atom. The van der Waals surface area contributed by atoms with Gasteiger partial charge in [-0.2, -0.15) is 18.2 Å². The van der Waals surface area contributed by atoms with E-state index >= 15 is 0 Å². The van der Waals surface area contributed by atoms with Crippen LogP contribution in [0.2, 0.25) is 0 Å². The van der Waals surface area contributed by atoms with E-state index < -0.39 is 24.8 Å². The number of nitrogens with one attached hydrogen (secondary N) is 1. The van der Waals surface area contributed by atoms with Crippen molar-refractivity contribution < 1.29 is 22.1 Å². The van der Waals surface area contributed by atoms with Crippen molar-refractivity contribution in [1.82, 2.24) is 15.0 Å². The number of nitrogens with two attached hydrogens (primary N) is 1. The minimum absolute atomic E-state index is 0.00663. The maximum atomic E-state index is 14.5. The third-order valence-electron chi connectivity index (χ3n) is 5.13. The summed E-state index contributed by atoms with van der Waals surface area (Å²) in [7, 11) is 1.86. The van der Waals surface area contributed by atoms with Crippen LogP contribution in [0.4, 0.5) is 23.2 Å². The quantitative estimate of drug-likeness (QED) is 0.581. The maximum Gasteiger partial charge on any atom is 0.393 e. The van der Waals surface area contributed by atoms with Crippen LogP contribution in [0.25, 0.3) is 20.8 Å². The zero-order chi connectivity index (χ0) is 21.5. The second-order valence-electron chi connectivity index (χ2n) is 7.42. The Morgan fingerprint density at radius 3 is 2.83 bits per heavy atom. The van der Waals surface area contributed by atoms with E-state index in [4.69, 9.17) is 10.3 Å². The number of fused-ring (bicyclic) bond motifs is 1. The van der Waals surface area contributed by atoms with Crippen molar-refractivity contribution >= 4 is 27.1 Å². The molecule has 0 aliphatic carbocycles. The molecule has 11 heteroatoms. The van der Waals surface area contributed by atoms with Crippen LogP contribution in [0.3, 0.4) is 0 Å². The summed E-state index contributed by atoms with van der Waals surface area (Å²) in [4.78, 5) is 6.30. The Bertz CT molecular complexity index is 1030. The molecule has 6 nitrogen and oxygen atoms in total. The number of alkyl halides is 4. The molecule has 0 amide bonds. The normalized spacial score (nSPS) is 20.7. The number of anilines is 1. The standard InChI is InChI=1S/C19H21F4N5OS/c1-28-6-5-13(12(20)9-28)25-14-4-2-3-10-11(7-19(21,22)23)17(30-16(10)14)18-26-15(8-24)29-27-18/h2-4,12-13,25H,5-9,24H2,1H3/t12-,13+/m0/s1. The molecule has 30 heavy (non-hydrogen) atoms. The highest BCUT2D eigenvalue weighted by molar-refractivity contribution is 7.23. The van der Waals surface area contributed by atoms with Gasteiger partial charge in [-0.1, -0.05) is 17.3 Å². The van der Waals surface area contributed by atoms with Gasteiger partial charge in [-0.15, -0.1) is 11.3 Å². The van der Waals surface area contributed by atoms with Crippen LogP contribution < -0.4 is 11.1 Å². The summed E-state index contributed by atoms with van der Waals surface area (Å²) in [5, 5.41) is 7.45. The van der Waals surface area contributed by atoms with Crippen molar-refractivity contribution in [2.45, 2.75) is 37.8 Å². The second-order valence-corrected chi connectivity index (χ2v) is 8.44. The molecule has 1 saturated heterocycles. The van der Waals surface area contributed by atoms with Crippen LogP contribution >= 0.6 is 11.3 Å². The summed E-state index contributed by atoms with van der Waals surface area (Å²) in [5.41, 5.74) is 6.17. The molecule has 0 radical (unpaired) electrons. The lowest BCUT2D eigenvalue weighted by Gasteiger charge is -2.33. The van der Waals surface area contributed by atoms with Crippen molar-refractivity contribution in [2.24, 2.45) is 5.73 Å². The van der Waals surface area contributed by atoms with Crippen LogP contribution in [0.1, 0.15) is 17.9 Å². The Kier molecular flexibility index (Phi) is 5.69. The van der Waals surface area contributed by atoms with Crippen molar-refractivity contribution in [3.8, 4) is 10.7 Å². The minimum atomic E-state index is -4.41. The topological polar surface area (TPSA) is 80.2 Å². The Labute approximate surface area is 174 Å². The maximum absolute atomic E-state index is 14.5. The third-order valence-corrected chi connectivity index (χ3v) is 6.40. The molecule has 1 fully saturated rings. The number of hydrogen-bond acceptors (Lipinski definition) is 7. The Hall–Kier alpha value is -2.24. The lowest BCUT2D eigenvalue weighted by atomic mass is 10.0. The van der Waals surface area contributed by atoms with Crippen molar-refractivity contribution in [3.63, 3.8) is 0 Å². The molecule has 0 spiro atoms. The molecule has 3 heterocycles. The van der Waals surface area contributed by atoms with Crippen LogP contribution in [0.5, 0.6) is 0 Å². The summed E-state index contributed by atoms with van der Waals surface area (Å²) in [6.07, 6.45) is -6.01. The zero-order valence-electron chi connectivity index (χ0n) is 16.2. The number of thiophene rings is 1. The molecule has 3 aromatic rings. The van der Waals surface area contributed by atoms with Gasteiger partial charge in [0.15, 0.2) is 0 Å². The van der Waals surface area contributed by atoms with Gasteiger partial charge >= 0.3 is 6.18 Å². The van der Waals surface area contributed by atoms with Crippen LogP contribution in [0, 0.1) is 0 Å². The molecule has 3 N–H and O–H groups in total. The lowest BCUT2D eigenvalue weighted by Crippen LogP contribution is -2.46. The van der Waals surface area contributed by atoms with E-state index in [1.165, 1.54) is 0 Å². The van der Waals surface area contributed by atoms with Crippen molar-refractivity contribution in [1.29, 1.82) is 0 Å². The van der Waals surface area contributed by atoms with E-state index in [-0.39, 0.29) is 28.7 Å². The van der Waals surface area contributed by atoms with Gasteiger partial charge in [0.1, 0.15) is 6.17 Å². The number of piperidine rings is 1. The number of likely N-dealkylation sites (tertiary alicyclic amines) is 1. The van der Waals surface area contributed by atoms with E-state index in [2.05, 4.69) is 15.5 Å². The fourth-order valence-electron chi connectivity index (χ4n) is 3.69. The van der Waals surface area contributed by atoms with Crippen molar-refractivity contribution in [2.75, 3.05) is 25.5 Å². The van der Waals surface area contributed by atoms with E-state index in [9.17, 15) is 17.6 Å². The van der Waals surface area contributed by atoms with Crippen LogP contribution in [-0.4, -0.2) is 53.6 Å². The second kappa shape index (κ2) is 8.12. The van der Waals surface area contributed by atoms with E-state index in [0.717, 1.165) is 17.9 Å². The predicted molar refractivity (Wildman–Crippen MR) is 107 cm³/mol. The average Bonchev–Trinajstić information content (AvgIpc) is 3.28. The molecular weight excluding hydrogens is 422 g/mol. The smallest absolute Gasteiger partial charge is 0.378 e. The first-order valence-electron chi connectivity index (χ1n) is 9.48. The fourth-order valence-corrected chi connectivity index (χ4v) is 4.91. The first-order chi connectivity index (χ1) is 14.2. The first-order valence-corrected chi connectivity index (χ1v) is 10.3. The van der Waals surface area contributed by atoms with Gasteiger partial charge in [-0.25, -0.2) is 4.39 Å². The summed E-state index contributed by atoms with van der Waals surface area (Å²) < 4.78 is 60.1. The van der Waals surface area contributed by atoms with Gasteiger partial charge in [0.05, 0.1) is 34.3 Å². The monoisotopic (exact) mass is 443 g/mol. The highest BCUT2D eigenvalue weighted by Crippen LogP contribution is 2.43. The van der Waals surface area contributed by atoms with E-state index in [1.54, 1.807) is 18.2 Å². The predicted octanol–water partition coefficient (Wildman–Crippen LogP) is 3.97. The van der Waals surface area contributed by atoms with Gasteiger partial charge < -0.3 is 20.5 Å². The van der Waals surface area contributed by atoms with E-state index in [1.807, 2.05) is 11.9 Å². The molecule has 0 unspecified atom stereocenters. The van der Waals surface area contributed by atoms with Gasteiger partial charge in [0.25, 0.3) is 0 Å².